The maximum atomic E-state index is 14.0. The minimum atomic E-state index is -0.732. The van der Waals surface area contributed by atoms with E-state index in [1.807, 2.05) is 0 Å². The fraction of sp³-hybridized carbons (Fsp3) is 0. The van der Waals surface area contributed by atoms with E-state index in [1.54, 1.807) is 18.2 Å². The highest BCUT2D eigenvalue weighted by Crippen LogP contribution is 2.34. The smallest absolute Gasteiger partial charge is 0.267 e. The van der Waals surface area contributed by atoms with Gasteiger partial charge in [0, 0.05) is 10.9 Å². The van der Waals surface area contributed by atoms with Crippen LogP contribution in [0, 0.1) is 17.8 Å². The number of nitrogens with zero attached hydrogens (tertiary/aromatic N) is 1. The van der Waals surface area contributed by atoms with Crippen LogP contribution in [0.2, 0.25) is 5.02 Å². The predicted molar refractivity (Wildman–Crippen MR) is 79.5 cm³/mol. The molecule has 0 bridgehead atoms. The van der Waals surface area contributed by atoms with E-state index in [-0.39, 0.29) is 16.3 Å². The van der Waals surface area contributed by atoms with Crippen molar-refractivity contribution in [3.63, 3.8) is 0 Å². The van der Waals surface area contributed by atoms with Crippen LogP contribution in [0.15, 0.2) is 36.4 Å². The largest absolute Gasteiger partial charge is 0.364 e. The Morgan fingerprint density at radius 3 is 2.64 bits per heavy atom. The molecule has 0 aliphatic rings. The van der Waals surface area contributed by atoms with Gasteiger partial charge in [0.25, 0.3) is 5.91 Å². The lowest BCUT2D eigenvalue weighted by molar-refractivity contribution is 0.0997. The van der Waals surface area contributed by atoms with Crippen molar-refractivity contribution in [2.24, 2.45) is 5.73 Å². The molecule has 0 saturated heterocycles. The van der Waals surface area contributed by atoms with Crippen LogP contribution in [-0.4, -0.2) is 10.9 Å². The molecule has 6 heteroatoms. The van der Waals surface area contributed by atoms with Crippen molar-refractivity contribution >= 4 is 28.3 Å². The predicted octanol–water partition coefficient (Wildman–Crippen LogP) is 3.73. The number of primary amides is 1. The van der Waals surface area contributed by atoms with Gasteiger partial charge in [0.05, 0.1) is 11.2 Å². The SMILES string of the molecule is NC(=O)c1n[c]cc2ccc(-c3c(F)ccc(F)c3Cl)cc12. The van der Waals surface area contributed by atoms with E-state index in [4.69, 9.17) is 17.3 Å². The molecule has 2 N–H and O–H groups in total. The van der Waals surface area contributed by atoms with Gasteiger partial charge < -0.3 is 5.73 Å². The van der Waals surface area contributed by atoms with Crippen molar-refractivity contribution in [1.29, 1.82) is 0 Å². The summed E-state index contributed by atoms with van der Waals surface area (Å²) in [6, 6.07) is 8.22. The first-order valence-electron chi connectivity index (χ1n) is 6.23. The van der Waals surface area contributed by atoms with Gasteiger partial charge in [-0.3, -0.25) is 4.79 Å². The highest BCUT2D eigenvalue weighted by atomic mass is 35.5. The number of nitrogens with two attached hydrogens (primary N) is 1. The van der Waals surface area contributed by atoms with Gasteiger partial charge in [-0.15, -0.1) is 0 Å². The van der Waals surface area contributed by atoms with Gasteiger partial charge in [0.2, 0.25) is 0 Å². The molecule has 3 rings (SSSR count). The molecule has 0 unspecified atom stereocenters. The molecular weight excluding hydrogens is 310 g/mol. The summed E-state index contributed by atoms with van der Waals surface area (Å²) < 4.78 is 27.6. The van der Waals surface area contributed by atoms with Gasteiger partial charge >= 0.3 is 0 Å². The van der Waals surface area contributed by atoms with Gasteiger partial charge in [-0.2, -0.15) is 0 Å². The van der Waals surface area contributed by atoms with E-state index in [1.165, 1.54) is 6.07 Å². The van der Waals surface area contributed by atoms with Gasteiger partial charge in [0.1, 0.15) is 17.3 Å². The maximum Gasteiger partial charge on any atom is 0.267 e. The third-order valence-corrected chi connectivity index (χ3v) is 3.64. The first-order chi connectivity index (χ1) is 10.5. The molecule has 3 aromatic rings. The Morgan fingerprint density at radius 1 is 1.18 bits per heavy atom. The van der Waals surface area contributed by atoms with Crippen molar-refractivity contribution in [1.82, 2.24) is 4.98 Å². The minimum Gasteiger partial charge on any atom is -0.364 e. The number of amides is 1. The van der Waals surface area contributed by atoms with Crippen LogP contribution in [-0.2, 0) is 0 Å². The lowest BCUT2D eigenvalue weighted by Crippen LogP contribution is -2.13. The normalized spacial score (nSPS) is 10.9. The zero-order chi connectivity index (χ0) is 15.9. The number of aromatic nitrogens is 1. The molecule has 1 radical (unpaired) electrons. The summed E-state index contributed by atoms with van der Waals surface area (Å²) in [5.74, 6) is -2.13. The Kier molecular flexibility index (Phi) is 3.50. The molecule has 0 fully saturated rings. The second kappa shape index (κ2) is 5.35. The fourth-order valence-corrected chi connectivity index (χ4v) is 2.51. The Morgan fingerprint density at radius 2 is 1.91 bits per heavy atom. The van der Waals surface area contributed by atoms with Crippen LogP contribution in [0.3, 0.4) is 0 Å². The summed E-state index contributed by atoms with van der Waals surface area (Å²) in [5.41, 5.74) is 5.52. The molecule has 0 aliphatic carbocycles. The van der Waals surface area contributed by atoms with E-state index in [0.717, 1.165) is 12.1 Å². The second-order valence-electron chi connectivity index (χ2n) is 4.62. The molecule has 0 aliphatic heterocycles. The van der Waals surface area contributed by atoms with E-state index in [9.17, 15) is 13.6 Å². The summed E-state index contributed by atoms with van der Waals surface area (Å²) in [7, 11) is 0. The van der Waals surface area contributed by atoms with Crippen molar-refractivity contribution in [2.45, 2.75) is 0 Å². The quantitative estimate of drug-likeness (QED) is 0.732. The maximum absolute atomic E-state index is 14.0. The Labute approximate surface area is 129 Å². The highest BCUT2D eigenvalue weighted by molar-refractivity contribution is 6.33. The van der Waals surface area contributed by atoms with E-state index < -0.39 is 17.5 Å². The van der Waals surface area contributed by atoms with Crippen LogP contribution >= 0.6 is 11.6 Å². The molecule has 1 amide bonds. The summed E-state index contributed by atoms with van der Waals surface area (Å²) in [6.45, 7) is 0. The van der Waals surface area contributed by atoms with E-state index in [2.05, 4.69) is 11.2 Å². The van der Waals surface area contributed by atoms with Crippen LogP contribution in [0.1, 0.15) is 10.5 Å². The number of fused-ring (bicyclic) bond motifs is 1. The number of carbonyl (C=O) groups excluding carboxylic acids is 1. The van der Waals surface area contributed by atoms with Gasteiger partial charge in [0.15, 0.2) is 0 Å². The summed E-state index contributed by atoms with van der Waals surface area (Å²) in [5, 5.41) is 0.749. The summed E-state index contributed by atoms with van der Waals surface area (Å²) in [4.78, 5) is 15.2. The Bertz CT molecular complexity index is 912. The van der Waals surface area contributed by atoms with Gasteiger partial charge in [-0.1, -0.05) is 23.7 Å². The van der Waals surface area contributed by atoms with Crippen LogP contribution in [0.5, 0.6) is 0 Å². The first kappa shape index (κ1) is 14.4. The Balaban J connectivity index is 2.32. The van der Waals surface area contributed by atoms with Crippen LogP contribution in [0.4, 0.5) is 8.78 Å². The molecule has 0 saturated carbocycles. The Hall–Kier alpha value is -2.53. The minimum absolute atomic E-state index is 0.00674. The molecule has 1 heterocycles. The molecule has 3 nitrogen and oxygen atoms in total. The topological polar surface area (TPSA) is 56.0 Å². The fourth-order valence-electron chi connectivity index (χ4n) is 2.25. The number of pyridine rings is 1. The number of halogens is 3. The number of hydrogen-bond donors (Lipinski definition) is 1. The zero-order valence-corrected chi connectivity index (χ0v) is 11.8. The molecular formula is C16H8ClF2N2O. The molecule has 22 heavy (non-hydrogen) atoms. The first-order valence-corrected chi connectivity index (χ1v) is 6.61. The summed E-state index contributed by atoms with van der Waals surface area (Å²) >= 11 is 5.86. The third kappa shape index (κ3) is 2.29. The second-order valence-corrected chi connectivity index (χ2v) is 5.00. The monoisotopic (exact) mass is 317 g/mol. The standard InChI is InChI=1S/C16H8ClF2N2O/c17-14-12(19)4-3-11(18)13(14)9-2-1-8-5-6-21-15(16(20)22)10(8)7-9/h1-5,7H,(H2,20,22). The molecule has 109 valence electrons. The molecule has 0 spiro atoms. The highest BCUT2D eigenvalue weighted by Gasteiger charge is 2.16. The number of hydrogen-bond acceptors (Lipinski definition) is 2. The molecule has 0 atom stereocenters. The number of carbonyl (C=O) groups is 1. The third-order valence-electron chi connectivity index (χ3n) is 3.27. The number of benzene rings is 2. The van der Waals surface area contributed by atoms with Crippen molar-refractivity contribution in [2.75, 3.05) is 0 Å². The van der Waals surface area contributed by atoms with Gasteiger partial charge in [-0.05, 0) is 35.2 Å². The molecule has 1 aromatic heterocycles. The van der Waals surface area contributed by atoms with E-state index in [0.29, 0.717) is 16.3 Å². The molecule has 2 aromatic carbocycles. The van der Waals surface area contributed by atoms with Gasteiger partial charge in [-0.25, -0.2) is 13.8 Å². The van der Waals surface area contributed by atoms with Crippen molar-refractivity contribution in [3.8, 4) is 11.1 Å². The summed E-state index contributed by atoms with van der Waals surface area (Å²) in [6.07, 6.45) is 2.57. The van der Waals surface area contributed by atoms with Crippen molar-refractivity contribution < 1.29 is 13.6 Å². The number of rotatable bonds is 2. The van der Waals surface area contributed by atoms with Crippen LogP contribution in [0.25, 0.3) is 21.9 Å². The van der Waals surface area contributed by atoms with E-state index >= 15 is 0 Å². The lowest BCUT2D eigenvalue weighted by Gasteiger charge is -2.09. The average molecular weight is 318 g/mol. The lowest BCUT2D eigenvalue weighted by atomic mass is 10.00. The van der Waals surface area contributed by atoms with Crippen molar-refractivity contribution in [3.05, 3.63) is 64.9 Å². The van der Waals surface area contributed by atoms with Crippen LogP contribution < -0.4 is 5.73 Å². The zero-order valence-electron chi connectivity index (χ0n) is 11.0. The average Bonchev–Trinajstić information content (AvgIpc) is 2.50.